The molecule has 1 heterocycles. The van der Waals surface area contributed by atoms with Gasteiger partial charge in [-0.15, -0.1) is 0 Å². The highest BCUT2D eigenvalue weighted by Crippen LogP contribution is 2.21. The summed E-state index contributed by atoms with van der Waals surface area (Å²) in [7, 11) is 0. The smallest absolute Gasteiger partial charge is 0.257 e. The molecular formula is C20H18ClN3O. The van der Waals surface area contributed by atoms with Crippen LogP contribution in [0.15, 0.2) is 60.9 Å². The fourth-order valence-corrected chi connectivity index (χ4v) is 2.62. The molecule has 0 aliphatic carbocycles. The minimum Gasteiger partial charge on any atom is -0.354 e. The second kappa shape index (κ2) is 7.36. The Labute approximate surface area is 151 Å². The van der Waals surface area contributed by atoms with Crippen molar-refractivity contribution >= 4 is 34.6 Å². The zero-order valence-electron chi connectivity index (χ0n) is 14.0. The van der Waals surface area contributed by atoms with E-state index in [1.807, 2.05) is 44.2 Å². The molecular weight excluding hydrogens is 334 g/mol. The summed E-state index contributed by atoms with van der Waals surface area (Å²) in [6.07, 6.45) is 3.23. The van der Waals surface area contributed by atoms with Gasteiger partial charge in [0.2, 0.25) is 0 Å². The maximum absolute atomic E-state index is 12.5. The van der Waals surface area contributed by atoms with Crippen LogP contribution in [0.1, 0.15) is 21.5 Å². The van der Waals surface area contributed by atoms with Crippen LogP contribution in [-0.2, 0) is 0 Å². The second-order valence-corrected chi connectivity index (χ2v) is 6.30. The molecule has 0 aliphatic rings. The fraction of sp³-hybridized carbons (Fsp3) is 0.100. The van der Waals surface area contributed by atoms with E-state index in [0.717, 1.165) is 22.6 Å². The Morgan fingerprint density at radius 3 is 2.44 bits per heavy atom. The Bertz CT molecular complexity index is 907. The van der Waals surface area contributed by atoms with Crippen LogP contribution in [0.3, 0.4) is 0 Å². The molecule has 0 aliphatic heterocycles. The topological polar surface area (TPSA) is 54.0 Å². The van der Waals surface area contributed by atoms with E-state index in [9.17, 15) is 4.79 Å². The third-order valence-corrected chi connectivity index (χ3v) is 4.01. The summed E-state index contributed by atoms with van der Waals surface area (Å²) in [5.41, 5.74) is 5.00. The summed E-state index contributed by atoms with van der Waals surface area (Å²) in [5.74, 6) is -0.217. The van der Waals surface area contributed by atoms with Crippen molar-refractivity contribution in [3.63, 3.8) is 0 Å². The van der Waals surface area contributed by atoms with E-state index in [0.29, 0.717) is 10.6 Å². The van der Waals surface area contributed by atoms with Gasteiger partial charge >= 0.3 is 0 Å². The first kappa shape index (κ1) is 17.0. The van der Waals surface area contributed by atoms with E-state index in [2.05, 4.69) is 15.6 Å². The highest BCUT2D eigenvalue weighted by atomic mass is 35.5. The van der Waals surface area contributed by atoms with Crippen molar-refractivity contribution in [2.45, 2.75) is 13.8 Å². The number of anilines is 3. The minimum absolute atomic E-state index is 0.217. The van der Waals surface area contributed by atoms with Crippen molar-refractivity contribution < 1.29 is 4.79 Å². The molecule has 1 amide bonds. The first-order valence-corrected chi connectivity index (χ1v) is 8.25. The molecule has 25 heavy (non-hydrogen) atoms. The predicted octanol–water partition coefficient (Wildman–Crippen LogP) is 5.35. The standard InChI is InChI=1S/C20H18ClN3O/c1-13-3-6-17(7-4-13)23-18-10-15(11-22-12-18)20(25)24-19-8-5-16(21)9-14(19)2/h3-12,23H,1-2H3,(H,24,25). The fourth-order valence-electron chi connectivity index (χ4n) is 2.40. The average molecular weight is 352 g/mol. The summed E-state index contributed by atoms with van der Waals surface area (Å²) in [5, 5.41) is 6.78. The van der Waals surface area contributed by atoms with Gasteiger partial charge in [-0.2, -0.15) is 0 Å². The van der Waals surface area contributed by atoms with E-state index in [1.165, 1.54) is 5.56 Å². The summed E-state index contributed by atoms with van der Waals surface area (Å²) in [4.78, 5) is 16.6. The lowest BCUT2D eigenvalue weighted by molar-refractivity contribution is 0.102. The molecule has 1 aromatic heterocycles. The molecule has 3 rings (SSSR count). The van der Waals surface area contributed by atoms with Crippen molar-refractivity contribution in [3.05, 3.63) is 82.6 Å². The number of hydrogen-bond acceptors (Lipinski definition) is 3. The summed E-state index contributed by atoms with van der Waals surface area (Å²) < 4.78 is 0. The normalized spacial score (nSPS) is 10.4. The average Bonchev–Trinajstić information content (AvgIpc) is 2.60. The van der Waals surface area contributed by atoms with Gasteiger partial charge < -0.3 is 10.6 Å². The van der Waals surface area contributed by atoms with E-state index in [1.54, 1.807) is 30.6 Å². The van der Waals surface area contributed by atoms with Gasteiger partial charge in [0.15, 0.2) is 0 Å². The number of hydrogen-bond donors (Lipinski definition) is 2. The number of aryl methyl sites for hydroxylation is 2. The van der Waals surface area contributed by atoms with Gasteiger partial charge in [0, 0.05) is 22.6 Å². The van der Waals surface area contributed by atoms with Gasteiger partial charge in [0.25, 0.3) is 5.91 Å². The molecule has 0 radical (unpaired) electrons. The van der Waals surface area contributed by atoms with Gasteiger partial charge in [-0.25, -0.2) is 0 Å². The summed E-state index contributed by atoms with van der Waals surface area (Å²) >= 11 is 5.95. The third kappa shape index (κ3) is 4.37. The molecule has 0 saturated heterocycles. The van der Waals surface area contributed by atoms with Crippen LogP contribution >= 0.6 is 11.6 Å². The number of nitrogens with one attached hydrogen (secondary N) is 2. The number of rotatable bonds is 4. The van der Waals surface area contributed by atoms with Crippen LogP contribution in [0.2, 0.25) is 5.02 Å². The van der Waals surface area contributed by atoms with Crippen molar-refractivity contribution in [1.82, 2.24) is 4.98 Å². The van der Waals surface area contributed by atoms with E-state index >= 15 is 0 Å². The molecule has 0 saturated carbocycles. The molecule has 4 nitrogen and oxygen atoms in total. The van der Waals surface area contributed by atoms with Crippen molar-refractivity contribution in [2.24, 2.45) is 0 Å². The zero-order chi connectivity index (χ0) is 17.8. The predicted molar refractivity (Wildman–Crippen MR) is 103 cm³/mol. The number of benzene rings is 2. The van der Waals surface area contributed by atoms with E-state index in [4.69, 9.17) is 11.6 Å². The number of carbonyl (C=O) groups excluding carboxylic acids is 1. The number of nitrogens with zero attached hydrogens (tertiary/aromatic N) is 1. The van der Waals surface area contributed by atoms with Crippen LogP contribution in [0.25, 0.3) is 0 Å². The lowest BCUT2D eigenvalue weighted by atomic mass is 10.2. The first-order chi connectivity index (χ1) is 12.0. The highest BCUT2D eigenvalue weighted by molar-refractivity contribution is 6.30. The number of pyridine rings is 1. The first-order valence-electron chi connectivity index (χ1n) is 7.87. The quantitative estimate of drug-likeness (QED) is 0.666. The molecule has 5 heteroatoms. The monoisotopic (exact) mass is 351 g/mol. The Kier molecular flexibility index (Phi) is 5.00. The van der Waals surface area contributed by atoms with Crippen LogP contribution in [0.4, 0.5) is 17.1 Å². The van der Waals surface area contributed by atoms with Crippen LogP contribution < -0.4 is 10.6 Å². The zero-order valence-corrected chi connectivity index (χ0v) is 14.8. The molecule has 0 fully saturated rings. The van der Waals surface area contributed by atoms with Crippen LogP contribution in [-0.4, -0.2) is 10.9 Å². The molecule has 0 bridgehead atoms. The maximum Gasteiger partial charge on any atom is 0.257 e. The number of amides is 1. The molecule has 126 valence electrons. The molecule has 2 aromatic carbocycles. The molecule has 0 spiro atoms. The number of carbonyl (C=O) groups is 1. The van der Waals surface area contributed by atoms with Crippen LogP contribution in [0.5, 0.6) is 0 Å². The molecule has 0 atom stereocenters. The van der Waals surface area contributed by atoms with Gasteiger partial charge in [0.1, 0.15) is 0 Å². The molecule has 2 N–H and O–H groups in total. The van der Waals surface area contributed by atoms with Crippen molar-refractivity contribution in [2.75, 3.05) is 10.6 Å². The van der Waals surface area contributed by atoms with Gasteiger partial charge in [-0.1, -0.05) is 29.3 Å². The van der Waals surface area contributed by atoms with Gasteiger partial charge in [0.05, 0.1) is 17.4 Å². The Hall–Kier alpha value is -2.85. The number of halogens is 1. The summed E-state index contributed by atoms with van der Waals surface area (Å²) in [6, 6.07) is 15.1. The van der Waals surface area contributed by atoms with Crippen molar-refractivity contribution in [3.8, 4) is 0 Å². The Balaban J connectivity index is 1.76. The summed E-state index contributed by atoms with van der Waals surface area (Å²) in [6.45, 7) is 3.93. The highest BCUT2D eigenvalue weighted by Gasteiger charge is 2.09. The number of aromatic nitrogens is 1. The lowest BCUT2D eigenvalue weighted by Gasteiger charge is -2.10. The Morgan fingerprint density at radius 2 is 1.72 bits per heavy atom. The van der Waals surface area contributed by atoms with E-state index in [-0.39, 0.29) is 5.91 Å². The second-order valence-electron chi connectivity index (χ2n) is 5.87. The third-order valence-electron chi connectivity index (χ3n) is 3.78. The molecule has 3 aromatic rings. The largest absolute Gasteiger partial charge is 0.354 e. The SMILES string of the molecule is Cc1ccc(Nc2cncc(C(=O)Nc3ccc(Cl)cc3C)c2)cc1. The van der Waals surface area contributed by atoms with Crippen molar-refractivity contribution in [1.29, 1.82) is 0 Å². The molecule has 0 unspecified atom stereocenters. The lowest BCUT2D eigenvalue weighted by Crippen LogP contribution is -2.13. The minimum atomic E-state index is -0.217. The van der Waals surface area contributed by atoms with Crippen LogP contribution in [0, 0.1) is 13.8 Å². The van der Waals surface area contributed by atoms with E-state index < -0.39 is 0 Å². The van der Waals surface area contributed by atoms with Gasteiger partial charge in [-0.05, 0) is 55.8 Å². The Morgan fingerprint density at radius 1 is 0.960 bits per heavy atom. The van der Waals surface area contributed by atoms with Gasteiger partial charge in [-0.3, -0.25) is 9.78 Å². The maximum atomic E-state index is 12.5.